The van der Waals surface area contributed by atoms with Gasteiger partial charge in [0.2, 0.25) is 0 Å². The van der Waals surface area contributed by atoms with E-state index in [1.165, 1.54) is 19.5 Å². The molecule has 1 N–H and O–H groups in total. The van der Waals surface area contributed by atoms with Gasteiger partial charge in [0.15, 0.2) is 0 Å². The largest absolute Gasteiger partial charge is 0.314 e. The first-order valence-corrected chi connectivity index (χ1v) is 7.99. The van der Waals surface area contributed by atoms with Crippen molar-refractivity contribution < 1.29 is 0 Å². The molecule has 2 heterocycles. The minimum absolute atomic E-state index is 0.592. The maximum Gasteiger partial charge on any atom is 0.0331 e. The molecule has 2 unspecified atom stereocenters. The van der Waals surface area contributed by atoms with Gasteiger partial charge >= 0.3 is 0 Å². The minimum atomic E-state index is 0.592. The summed E-state index contributed by atoms with van der Waals surface area (Å²) >= 11 is 1.93. The molecule has 2 nitrogen and oxygen atoms in total. The summed E-state index contributed by atoms with van der Waals surface area (Å²) in [5.41, 5.74) is 1.57. The SMILES string of the molecule is CC(CNC(C)C)CN1CCc2sccc2C1C. The third kappa shape index (κ3) is 3.34. The molecule has 2 atom stereocenters. The molecule has 0 amide bonds. The van der Waals surface area contributed by atoms with E-state index in [1.807, 2.05) is 11.3 Å². The van der Waals surface area contributed by atoms with E-state index in [0.717, 1.165) is 12.5 Å². The summed E-state index contributed by atoms with van der Waals surface area (Å²) in [4.78, 5) is 4.24. The fourth-order valence-corrected chi connectivity index (χ4v) is 3.68. The second-order valence-corrected chi connectivity index (χ2v) is 6.89. The second kappa shape index (κ2) is 6.18. The van der Waals surface area contributed by atoms with Gasteiger partial charge < -0.3 is 5.32 Å². The van der Waals surface area contributed by atoms with Crippen LogP contribution in [0.2, 0.25) is 0 Å². The molecule has 0 spiro atoms. The third-order valence-corrected chi connectivity index (χ3v) is 4.82. The van der Waals surface area contributed by atoms with E-state index in [-0.39, 0.29) is 0 Å². The minimum Gasteiger partial charge on any atom is -0.314 e. The van der Waals surface area contributed by atoms with Crippen LogP contribution in [0.3, 0.4) is 0 Å². The predicted molar refractivity (Wildman–Crippen MR) is 80.3 cm³/mol. The van der Waals surface area contributed by atoms with Crippen LogP contribution < -0.4 is 5.32 Å². The van der Waals surface area contributed by atoms with Gasteiger partial charge in [0, 0.05) is 30.1 Å². The van der Waals surface area contributed by atoms with E-state index in [2.05, 4.69) is 49.4 Å². The lowest BCUT2D eigenvalue weighted by Crippen LogP contribution is -2.39. The van der Waals surface area contributed by atoms with Gasteiger partial charge in [-0.05, 0) is 42.8 Å². The zero-order valence-electron chi connectivity index (χ0n) is 12.1. The molecule has 0 bridgehead atoms. The quantitative estimate of drug-likeness (QED) is 0.879. The Morgan fingerprint density at radius 3 is 2.94 bits per heavy atom. The zero-order valence-corrected chi connectivity index (χ0v) is 12.9. The summed E-state index contributed by atoms with van der Waals surface area (Å²) in [5.74, 6) is 0.718. The van der Waals surface area contributed by atoms with Crippen LogP contribution in [0.25, 0.3) is 0 Å². The number of nitrogens with one attached hydrogen (secondary N) is 1. The smallest absolute Gasteiger partial charge is 0.0331 e. The molecule has 18 heavy (non-hydrogen) atoms. The topological polar surface area (TPSA) is 15.3 Å². The molecular weight excluding hydrogens is 240 g/mol. The molecule has 3 heteroatoms. The number of nitrogens with zero attached hydrogens (tertiary/aromatic N) is 1. The van der Waals surface area contributed by atoms with Crippen LogP contribution in [0, 0.1) is 5.92 Å². The molecule has 1 aliphatic heterocycles. The van der Waals surface area contributed by atoms with Gasteiger partial charge in [0.1, 0.15) is 0 Å². The van der Waals surface area contributed by atoms with Crippen molar-refractivity contribution in [1.29, 1.82) is 0 Å². The van der Waals surface area contributed by atoms with Crippen LogP contribution in [0.4, 0.5) is 0 Å². The number of hydrogen-bond donors (Lipinski definition) is 1. The van der Waals surface area contributed by atoms with Crippen LogP contribution in [-0.2, 0) is 6.42 Å². The van der Waals surface area contributed by atoms with Crippen molar-refractivity contribution in [3.05, 3.63) is 21.9 Å². The van der Waals surface area contributed by atoms with Crippen LogP contribution >= 0.6 is 11.3 Å². The van der Waals surface area contributed by atoms with Crippen molar-refractivity contribution in [3.8, 4) is 0 Å². The zero-order chi connectivity index (χ0) is 13.1. The first-order valence-electron chi connectivity index (χ1n) is 7.11. The molecule has 0 fully saturated rings. The maximum atomic E-state index is 3.54. The van der Waals surface area contributed by atoms with Crippen LogP contribution in [-0.4, -0.2) is 30.6 Å². The van der Waals surface area contributed by atoms with Gasteiger partial charge in [-0.3, -0.25) is 4.90 Å². The predicted octanol–water partition coefficient (Wildman–Crippen LogP) is 3.30. The van der Waals surface area contributed by atoms with Crippen molar-refractivity contribution in [2.75, 3.05) is 19.6 Å². The Kier molecular flexibility index (Phi) is 4.82. The second-order valence-electron chi connectivity index (χ2n) is 5.89. The summed E-state index contributed by atoms with van der Waals surface area (Å²) in [5, 5.41) is 5.78. The molecule has 2 rings (SSSR count). The highest BCUT2D eigenvalue weighted by Gasteiger charge is 2.25. The molecule has 1 aromatic heterocycles. The van der Waals surface area contributed by atoms with Crippen LogP contribution in [0.15, 0.2) is 11.4 Å². The Balaban J connectivity index is 1.87. The van der Waals surface area contributed by atoms with Gasteiger partial charge in [-0.2, -0.15) is 0 Å². The summed E-state index contributed by atoms with van der Waals surface area (Å²) in [7, 11) is 0. The molecular formula is C15H26N2S. The summed E-state index contributed by atoms with van der Waals surface area (Å²) < 4.78 is 0. The van der Waals surface area contributed by atoms with E-state index in [0.29, 0.717) is 12.1 Å². The van der Waals surface area contributed by atoms with Gasteiger partial charge in [0.25, 0.3) is 0 Å². The van der Waals surface area contributed by atoms with Gasteiger partial charge in [-0.1, -0.05) is 20.8 Å². The fraction of sp³-hybridized carbons (Fsp3) is 0.733. The first-order chi connectivity index (χ1) is 8.58. The fourth-order valence-electron chi connectivity index (χ4n) is 2.71. The average molecular weight is 266 g/mol. The molecule has 1 aromatic rings. The molecule has 0 radical (unpaired) electrons. The number of thiophene rings is 1. The molecule has 102 valence electrons. The van der Waals surface area contributed by atoms with Crippen molar-refractivity contribution in [3.63, 3.8) is 0 Å². The Bertz CT molecular complexity index is 372. The maximum absolute atomic E-state index is 3.54. The summed E-state index contributed by atoms with van der Waals surface area (Å²) in [6.45, 7) is 12.7. The molecule has 0 saturated carbocycles. The molecule has 0 aliphatic carbocycles. The number of fused-ring (bicyclic) bond motifs is 1. The lowest BCUT2D eigenvalue weighted by Gasteiger charge is -2.35. The van der Waals surface area contributed by atoms with Gasteiger partial charge in [-0.25, -0.2) is 0 Å². The summed E-state index contributed by atoms with van der Waals surface area (Å²) in [6.07, 6.45) is 1.24. The normalized spacial score (nSPS) is 22.2. The Morgan fingerprint density at radius 2 is 2.22 bits per heavy atom. The third-order valence-electron chi connectivity index (χ3n) is 3.82. The van der Waals surface area contributed by atoms with Crippen molar-refractivity contribution in [1.82, 2.24) is 10.2 Å². The highest BCUT2D eigenvalue weighted by atomic mass is 32.1. The van der Waals surface area contributed by atoms with Crippen LogP contribution in [0.1, 0.15) is 44.2 Å². The van der Waals surface area contributed by atoms with Crippen molar-refractivity contribution in [2.24, 2.45) is 5.92 Å². The monoisotopic (exact) mass is 266 g/mol. The number of hydrogen-bond acceptors (Lipinski definition) is 3. The van der Waals surface area contributed by atoms with E-state index in [4.69, 9.17) is 0 Å². The standard InChI is InChI=1S/C15H26N2S/c1-11(2)16-9-12(3)10-17-7-5-15-14(13(17)4)6-8-18-15/h6,8,11-13,16H,5,7,9-10H2,1-4H3. The molecule has 0 aromatic carbocycles. The molecule has 1 aliphatic rings. The van der Waals surface area contributed by atoms with Gasteiger partial charge in [-0.15, -0.1) is 11.3 Å². The first kappa shape index (κ1) is 14.0. The van der Waals surface area contributed by atoms with Crippen LogP contribution in [0.5, 0.6) is 0 Å². The molecule has 0 saturated heterocycles. The van der Waals surface area contributed by atoms with E-state index in [1.54, 1.807) is 10.4 Å². The highest BCUT2D eigenvalue weighted by molar-refractivity contribution is 7.10. The lowest BCUT2D eigenvalue weighted by molar-refractivity contribution is 0.171. The average Bonchev–Trinajstić information content (AvgIpc) is 2.79. The summed E-state index contributed by atoms with van der Waals surface area (Å²) in [6, 6.07) is 3.50. The lowest BCUT2D eigenvalue weighted by atomic mass is 9.99. The van der Waals surface area contributed by atoms with Crippen molar-refractivity contribution in [2.45, 2.75) is 46.2 Å². The van der Waals surface area contributed by atoms with E-state index < -0.39 is 0 Å². The van der Waals surface area contributed by atoms with Gasteiger partial charge in [0.05, 0.1) is 0 Å². The Morgan fingerprint density at radius 1 is 1.44 bits per heavy atom. The Labute approximate surface area is 115 Å². The van der Waals surface area contributed by atoms with Crippen molar-refractivity contribution >= 4 is 11.3 Å². The van der Waals surface area contributed by atoms with E-state index in [9.17, 15) is 0 Å². The van der Waals surface area contributed by atoms with E-state index >= 15 is 0 Å². The Hall–Kier alpha value is -0.380. The number of rotatable bonds is 5. The highest BCUT2D eigenvalue weighted by Crippen LogP contribution is 2.32.